The third kappa shape index (κ3) is 4.73. The summed E-state index contributed by atoms with van der Waals surface area (Å²) in [6, 6.07) is -1.43. The first-order valence-corrected chi connectivity index (χ1v) is 13.4. The van der Waals surface area contributed by atoms with Gasteiger partial charge in [-0.25, -0.2) is 9.59 Å². The number of rotatable bonds is 4. The fourth-order valence-corrected chi connectivity index (χ4v) is 6.62. The fraction of sp³-hybridized carbons (Fsp3) is 0.630. The Morgan fingerprint density at radius 1 is 0.730 bits per heavy atom. The van der Waals surface area contributed by atoms with Gasteiger partial charge in [0.05, 0.1) is 0 Å². The molecule has 37 heavy (non-hydrogen) atoms. The predicted octanol–water partition coefficient (Wildman–Crippen LogP) is 3.13. The Balaban J connectivity index is 0.000000173. The monoisotopic (exact) mass is 512 g/mol. The molecule has 2 saturated heterocycles. The zero-order valence-corrected chi connectivity index (χ0v) is 21.5. The Morgan fingerprint density at radius 2 is 1.27 bits per heavy atom. The van der Waals surface area contributed by atoms with Gasteiger partial charge in [-0.15, -0.1) is 0 Å². The summed E-state index contributed by atoms with van der Waals surface area (Å²) in [5.41, 5.74) is -0.575. The maximum absolute atomic E-state index is 12.3. The molecule has 0 unspecified atom stereocenters. The maximum atomic E-state index is 12.3. The molecule has 5 rings (SSSR count). The molecule has 200 valence electrons. The van der Waals surface area contributed by atoms with E-state index in [9.17, 15) is 28.8 Å². The molecule has 0 spiro atoms. The number of hydrogen-bond donors (Lipinski definition) is 4. The second-order valence-electron chi connectivity index (χ2n) is 10.7. The average Bonchev–Trinajstić information content (AvgIpc) is 3.01. The molecule has 10 heteroatoms. The molecule has 2 bridgehead atoms. The van der Waals surface area contributed by atoms with Crippen LogP contribution in [0.5, 0.6) is 0 Å². The molecule has 0 aromatic carbocycles. The molecule has 4 N–H and O–H groups in total. The summed E-state index contributed by atoms with van der Waals surface area (Å²) in [5.74, 6) is -0.798. The van der Waals surface area contributed by atoms with Crippen LogP contribution < -0.4 is 21.3 Å². The molecule has 0 aromatic rings. The van der Waals surface area contributed by atoms with Crippen molar-refractivity contribution in [3.05, 3.63) is 23.3 Å². The fourth-order valence-electron chi connectivity index (χ4n) is 6.62. The van der Waals surface area contributed by atoms with Crippen LogP contribution >= 0.6 is 0 Å². The lowest BCUT2D eigenvalue weighted by Crippen LogP contribution is -2.63. The quantitative estimate of drug-likeness (QED) is 0.336. The number of barbiturate groups is 2. The largest absolute Gasteiger partial charge is 0.328 e. The molecule has 2 heterocycles. The molecule has 3 fully saturated rings. The molecule has 2 atom stereocenters. The smallest absolute Gasteiger partial charge is 0.277 e. The van der Waals surface area contributed by atoms with Gasteiger partial charge in [-0.1, -0.05) is 32.4 Å². The van der Waals surface area contributed by atoms with Crippen LogP contribution in [0, 0.1) is 22.7 Å². The van der Waals surface area contributed by atoms with Crippen LogP contribution in [0.15, 0.2) is 23.3 Å². The van der Waals surface area contributed by atoms with Crippen LogP contribution in [0.25, 0.3) is 0 Å². The highest BCUT2D eigenvalue weighted by atomic mass is 16.2. The van der Waals surface area contributed by atoms with Gasteiger partial charge in [-0.05, 0) is 87.2 Å². The summed E-state index contributed by atoms with van der Waals surface area (Å²) >= 11 is 0. The Bertz CT molecular complexity index is 1050. The second kappa shape index (κ2) is 10.6. The van der Waals surface area contributed by atoms with Crippen molar-refractivity contribution < 1.29 is 28.8 Å². The SMILES string of the molecule is CCC1(C2=CCCCCC2)C(=O)NC(=O)NC1=O.CCC1(C2=C[C@H]3CC[C@@H](C2)C3)C(=O)NC(=O)NC1=O. The molecular weight excluding hydrogens is 476 g/mol. The number of allylic oxidation sites excluding steroid dienone is 2. The van der Waals surface area contributed by atoms with E-state index in [1.807, 2.05) is 13.0 Å². The summed E-state index contributed by atoms with van der Waals surface area (Å²) in [6.07, 6.45) is 14.0. The van der Waals surface area contributed by atoms with Gasteiger partial charge < -0.3 is 0 Å². The van der Waals surface area contributed by atoms with Crippen LogP contribution in [0.3, 0.4) is 0 Å². The number of fused-ring (bicyclic) bond motifs is 2. The van der Waals surface area contributed by atoms with Gasteiger partial charge in [0.1, 0.15) is 10.8 Å². The van der Waals surface area contributed by atoms with Gasteiger partial charge in [0.25, 0.3) is 0 Å². The molecule has 0 radical (unpaired) electrons. The molecule has 8 amide bonds. The highest BCUT2D eigenvalue weighted by molar-refractivity contribution is 6.21. The van der Waals surface area contributed by atoms with Gasteiger partial charge in [-0.2, -0.15) is 0 Å². The minimum atomic E-state index is -1.18. The summed E-state index contributed by atoms with van der Waals surface area (Å²) in [6.45, 7) is 3.63. The zero-order chi connectivity index (χ0) is 26.8. The predicted molar refractivity (Wildman–Crippen MR) is 134 cm³/mol. The van der Waals surface area contributed by atoms with Crippen molar-refractivity contribution in [2.24, 2.45) is 22.7 Å². The Hall–Kier alpha value is -3.30. The van der Waals surface area contributed by atoms with Crippen LogP contribution in [-0.2, 0) is 19.2 Å². The number of nitrogens with one attached hydrogen (secondary N) is 4. The third-order valence-corrected chi connectivity index (χ3v) is 8.68. The van der Waals surface area contributed by atoms with Crippen molar-refractivity contribution in [3.8, 4) is 0 Å². The van der Waals surface area contributed by atoms with Crippen LogP contribution in [0.2, 0.25) is 0 Å². The van der Waals surface area contributed by atoms with Crippen molar-refractivity contribution in [2.75, 3.05) is 0 Å². The van der Waals surface area contributed by atoms with Gasteiger partial charge in [0, 0.05) is 0 Å². The Kier molecular flexibility index (Phi) is 7.66. The second-order valence-corrected chi connectivity index (χ2v) is 10.7. The Labute approximate surface area is 216 Å². The van der Waals surface area contributed by atoms with Crippen molar-refractivity contribution >= 4 is 35.7 Å². The van der Waals surface area contributed by atoms with E-state index in [-0.39, 0.29) is 0 Å². The highest BCUT2D eigenvalue weighted by Gasteiger charge is 2.53. The lowest BCUT2D eigenvalue weighted by atomic mass is 9.69. The maximum Gasteiger partial charge on any atom is 0.328 e. The van der Waals surface area contributed by atoms with E-state index >= 15 is 0 Å². The number of hydrogen-bond acceptors (Lipinski definition) is 6. The van der Waals surface area contributed by atoms with E-state index in [1.165, 1.54) is 12.8 Å². The Morgan fingerprint density at radius 3 is 1.78 bits per heavy atom. The molecule has 10 nitrogen and oxygen atoms in total. The first kappa shape index (κ1) is 26.8. The van der Waals surface area contributed by atoms with Crippen molar-refractivity contribution in [2.45, 2.75) is 84.5 Å². The number of amides is 8. The number of carbonyl (C=O) groups is 6. The molecule has 1 saturated carbocycles. The van der Waals surface area contributed by atoms with Crippen LogP contribution in [-0.4, -0.2) is 35.7 Å². The first-order chi connectivity index (χ1) is 17.7. The molecule has 2 aliphatic heterocycles. The average molecular weight is 513 g/mol. The van der Waals surface area contributed by atoms with Gasteiger partial charge in [-0.3, -0.25) is 40.4 Å². The van der Waals surface area contributed by atoms with Gasteiger partial charge in [0.2, 0.25) is 23.6 Å². The van der Waals surface area contributed by atoms with E-state index < -0.39 is 46.5 Å². The van der Waals surface area contributed by atoms with Crippen molar-refractivity contribution in [1.82, 2.24) is 21.3 Å². The topological polar surface area (TPSA) is 151 Å². The van der Waals surface area contributed by atoms with Crippen molar-refractivity contribution in [3.63, 3.8) is 0 Å². The van der Waals surface area contributed by atoms with Crippen LogP contribution in [0.1, 0.15) is 84.5 Å². The zero-order valence-electron chi connectivity index (χ0n) is 21.5. The molecule has 5 aliphatic rings. The lowest BCUT2D eigenvalue weighted by molar-refractivity contribution is -0.143. The summed E-state index contributed by atoms with van der Waals surface area (Å²) < 4.78 is 0. The molecule has 0 aromatic heterocycles. The standard InChI is InChI=1S/C14H18N2O3.C13H18N2O3/c1-2-14(11(17)15-13(19)16-12(14)18)10-6-8-3-4-9(5-8)7-10;1-2-13(9-7-5-3-4-6-8-9)10(16)14-12(18)15-11(13)17/h6,8-9H,2-5,7H2,1H3,(H2,15,16,17,18,19);7H,2-6,8H2,1H3,(H2,14,15,16,17,18)/t8-,9+;/m0./s1. The lowest BCUT2D eigenvalue weighted by Gasteiger charge is -2.37. The van der Waals surface area contributed by atoms with E-state index in [0.717, 1.165) is 56.1 Å². The number of carbonyl (C=O) groups excluding carboxylic acids is 6. The molecule has 3 aliphatic carbocycles. The highest BCUT2D eigenvalue weighted by Crippen LogP contribution is 2.48. The van der Waals surface area contributed by atoms with E-state index in [4.69, 9.17) is 0 Å². The third-order valence-electron chi connectivity index (χ3n) is 8.68. The van der Waals surface area contributed by atoms with Gasteiger partial charge in [0.15, 0.2) is 0 Å². The molecular formula is C27H36N4O6. The van der Waals surface area contributed by atoms with E-state index in [2.05, 4.69) is 27.3 Å². The van der Waals surface area contributed by atoms with E-state index in [0.29, 0.717) is 24.7 Å². The summed E-state index contributed by atoms with van der Waals surface area (Å²) in [7, 11) is 0. The number of imide groups is 4. The first-order valence-electron chi connectivity index (χ1n) is 13.4. The van der Waals surface area contributed by atoms with Gasteiger partial charge >= 0.3 is 12.1 Å². The number of urea groups is 2. The normalized spacial score (nSPS) is 28.4. The van der Waals surface area contributed by atoms with E-state index in [1.54, 1.807) is 6.92 Å². The minimum Gasteiger partial charge on any atom is -0.277 e. The summed E-state index contributed by atoms with van der Waals surface area (Å²) in [5, 5.41) is 8.93. The summed E-state index contributed by atoms with van der Waals surface area (Å²) in [4.78, 5) is 71.2. The van der Waals surface area contributed by atoms with Crippen molar-refractivity contribution in [1.29, 1.82) is 0 Å². The minimum absolute atomic E-state index is 0.379. The van der Waals surface area contributed by atoms with Crippen LogP contribution in [0.4, 0.5) is 9.59 Å².